The Bertz CT molecular complexity index is 399. The number of hydrogen-bond acceptors (Lipinski definition) is 2. The molecule has 1 amide bonds. The van der Waals surface area contributed by atoms with Crippen LogP contribution in [0.3, 0.4) is 0 Å². The van der Waals surface area contributed by atoms with Gasteiger partial charge in [-0.2, -0.15) is 0 Å². The third kappa shape index (κ3) is 2.96. The van der Waals surface area contributed by atoms with Gasteiger partial charge in [0, 0.05) is 12.6 Å². The molecule has 1 heterocycles. The molecule has 5 heteroatoms. The van der Waals surface area contributed by atoms with Crippen LogP contribution < -0.4 is 10.6 Å². The van der Waals surface area contributed by atoms with E-state index >= 15 is 0 Å². The topological polar surface area (TPSA) is 41.1 Å². The fraction of sp³-hybridized carbons (Fsp3) is 0.417. The van der Waals surface area contributed by atoms with Gasteiger partial charge in [-0.1, -0.05) is 17.7 Å². The number of halogens is 2. The zero-order valence-corrected chi connectivity index (χ0v) is 10.1. The van der Waals surface area contributed by atoms with E-state index in [9.17, 15) is 9.18 Å². The summed E-state index contributed by atoms with van der Waals surface area (Å²) in [6.07, 6.45) is 2.15. The third-order valence-corrected chi connectivity index (χ3v) is 3.18. The third-order valence-electron chi connectivity index (χ3n) is 2.86. The van der Waals surface area contributed by atoms with Crippen molar-refractivity contribution in [2.45, 2.75) is 18.9 Å². The second-order valence-electron chi connectivity index (χ2n) is 4.10. The van der Waals surface area contributed by atoms with Crippen LogP contribution in [0.4, 0.5) is 4.39 Å². The van der Waals surface area contributed by atoms with Crippen LogP contribution in [-0.4, -0.2) is 25.0 Å². The molecular formula is C12H14ClFN2O. The largest absolute Gasteiger partial charge is 0.350 e. The first-order valence-electron chi connectivity index (χ1n) is 5.64. The molecule has 0 spiro atoms. The number of benzene rings is 1. The average molecular weight is 257 g/mol. The standard InChI is InChI=1S/C12H14ClFN2O/c13-9-4-1-5-10(14)11(9)12(17)16-7-8-3-2-6-15-8/h1,4-5,8,15H,2-3,6-7H2,(H,16,17). The Morgan fingerprint density at radius 3 is 3.06 bits per heavy atom. The van der Waals surface area contributed by atoms with Crippen LogP contribution in [-0.2, 0) is 0 Å². The monoisotopic (exact) mass is 256 g/mol. The Kier molecular flexibility index (Phi) is 3.97. The molecule has 3 nitrogen and oxygen atoms in total. The lowest BCUT2D eigenvalue weighted by Crippen LogP contribution is -2.37. The molecule has 1 fully saturated rings. The van der Waals surface area contributed by atoms with Gasteiger partial charge in [-0.05, 0) is 31.5 Å². The lowest BCUT2D eigenvalue weighted by Gasteiger charge is -2.12. The first kappa shape index (κ1) is 12.3. The van der Waals surface area contributed by atoms with Crippen molar-refractivity contribution >= 4 is 17.5 Å². The molecule has 92 valence electrons. The van der Waals surface area contributed by atoms with E-state index < -0.39 is 11.7 Å². The maximum Gasteiger partial charge on any atom is 0.255 e. The van der Waals surface area contributed by atoms with Crippen molar-refractivity contribution < 1.29 is 9.18 Å². The second-order valence-corrected chi connectivity index (χ2v) is 4.51. The van der Waals surface area contributed by atoms with Crippen molar-refractivity contribution in [3.05, 3.63) is 34.6 Å². The van der Waals surface area contributed by atoms with Crippen molar-refractivity contribution in [1.29, 1.82) is 0 Å². The molecule has 1 atom stereocenters. The summed E-state index contributed by atoms with van der Waals surface area (Å²) in [5, 5.41) is 6.09. The van der Waals surface area contributed by atoms with Crippen LogP contribution in [0.5, 0.6) is 0 Å². The van der Waals surface area contributed by atoms with Crippen molar-refractivity contribution in [2.75, 3.05) is 13.1 Å². The van der Waals surface area contributed by atoms with E-state index in [1.54, 1.807) is 0 Å². The van der Waals surface area contributed by atoms with Crippen molar-refractivity contribution in [3.8, 4) is 0 Å². The first-order chi connectivity index (χ1) is 8.18. The van der Waals surface area contributed by atoms with Gasteiger partial charge in [-0.25, -0.2) is 4.39 Å². The van der Waals surface area contributed by atoms with Crippen LogP contribution in [0.2, 0.25) is 5.02 Å². The fourth-order valence-corrected chi connectivity index (χ4v) is 2.20. The summed E-state index contributed by atoms with van der Waals surface area (Å²) in [6.45, 7) is 1.48. The van der Waals surface area contributed by atoms with Crippen LogP contribution >= 0.6 is 11.6 Å². The molecule has 0 radical (unpaired) electrons. The summed E-state index contributed by atoms with van der Waals surface area (Å²) < 4.78 is 13.4. The Balaban J connectivity index is 1.99. The summed E-state index contributed by atoms with van der Waals surface area (Å²) in [6, 6.07) is 4.50. The normalized spacial score (nSPS) is 19.3. The van der Waals surface area contributed by atoms with Crippen LogP contribution in [0.15, 0.2) is 18.2 Å². The van der Waals surface area contributed by atoms with Gasteiger partial charge in [0.05, 0.1) is 10.6 Å². The molecule has 0 aromatic heterocycles. The molecule has 1 aromatic rings. The summed E-state index contributed by atoms with van der Waals surface area (Å²) in [4.78, 5) is 11.8. The molecule has 0 bridgehead atoms. The zero-order valence-electron chi connectivity index (χ0n) is 9.30. The molecule has 2 N–H and O–H groups in total. The molecular weight excluding hydrogens is 243 g/mol. The van der Waals surface area contributed by atoms with Crippen LogP contribution in [0, 0.1) is 5.82 Å². The number of hydrogen-bond donors (Lipinski definition) is 2. The summed E-state index contributed by atoms with van der Waals surface area (Å²) in [5.74, 6) is -1.05. The Hall–Kier alpha value is -1.13. The van der Waals surface area contributed by atoms with Gasteiger partial charge in [-0.15, -0.1) is 0 Å². The lowest BCUT2D eigenvalue weighted by molar-refractivity contribution is 0.0946. The van der Waals surface area contributed by atoms with E-state index in [-0.39, 0.29) is 16.6 Å². The van der Waals surface area contributed by atoms with Crippen LogP contribution in [0.25, 0.3) is 0 Å². The Morgan fingerprint density at radius 2 is 2.41 bits per heavy atom. The maximum absolute atomic E-state index is 13.4. The van der Waals surface area contributed by atoms with Gasteiger partial charge in [0.1, 0.15) is 5.82 Å². The molecule has 0 saturated carbocycles. The van der Waals surface area contributed by atoms with E-state index in [4.69, 9.17) is 11.6 Å². The SMILES string of the molecule is O=C(NCC1CCCN1)c1c(F)cccc1Cl. The average Bonchev–Trinajstić information content (AvgIpc) is 2.79. The van der Waals surface area contributed by atoms with Gasteiger partial charge in [0.25, 0.3) is 5.91 Å². The highest BCUT2D eigenvalue weighted by molar-refractivity contribution is 6.33. The highest BCUT2D eigenvalue weighted by Gasteiger charge is 2.18. The van der Waals surface area contributed by atoms with E-state index in [2.05, 4.69) is 10.6 Å². The zero-order chi connectivity index (χ0) is 12.3. The number of nitrogens with one attached hydrogen (secondary N) is 2. The van der Waals surface area contributed by atoms with Gasteiger partial charge in [0.15, 0.2) is 0 Å². The van der Waals surface area contributed by atoms with Crippen molar-refractivity contribution in [1.82, 2.24) is 10.6 Å². The van der Waals surface area contributed by atoms with E-state index in [0.717, 1.165) is 19.4 Å². The minimum Gasteiger partial charge on any atom is -0.350 e. The van der Waals surface area contributed by atoms with E-state index in [1.807, 2.05) is 0 Å². The molecule has 1 aliphatic rings. The highest BCUT2D eigenvalue weighted by atomic mass is 35.5. The quantitative estimate of drug-likeness (QED) is 0.868. The van der Waals surface area contributed by atoms with Gasteiger partial charge in [0.2, 0.25) is 0 Å². The Morgan fingerprint density at radius 1 is 1.59 bits per heavy atom. The molecule has 1 aromatic carbocycles. The van der Waals surface area contributed by atoms with Gasteiger partial charge in [-0.3, -0.25) is 4.79 Å². The number of carbonyl (C=O) groups is 1. The predicted molar refractivity (Wildman–Crippen MR) is 64.8 cm³/mol. The summed E-state index contributed by atoms with van der Waals surface area (Å²) >= 11 is 5.80. The first-order valence-corrected chi connectivity index (χ1v) is 6.02. The van der Waals surface area contributed by atoms with Crippen molar-refractivity contribution in [2.24, 2.45) is 0 Å². The molecule has 1 aliphatic heterocycles. The second kappa shape index (κ2) is 5.47. The molecule has 0 aliphatic carbocycles. The smallest absolute Gasteiger partial charge is 0.255 e. The minimum absolute atomic E-state index is 0.0767. The molecule has 1 saturated heterocycles. The number of carbonyl (C=O) groups excluding carboxylic acids is 1. The highest BCUT2D eigenvalue weighted by Crippen LogP contribution is 2.18. The van der Waals surface area contributed by atoms with E-state index in [0.29, 0.717) is 6.54 Å². The number of rotatable bonds is 3. The molecule has 2 rings (SSSR count). The minimum atomic E-state index is -0.589. The lowest BCUT2D eigenvalue weighted by atomic mass is 10.2. The predicted octanol–water partition coefficient (Wildman–Crippen LogP) is 1.96. The van der Waals surface area contributed by atoms with Crippen molar-refractivity contribution in [3.63, 3.8) is 0 Å². The molecule has 17 heavy (non-hydrogen) atoms. The van der Waals surface area contributed by atoms with Crippen LogP contribution in [0.1, 0.15) is 23.2 Å². The van der Waals surface area contributed by atoms with Gasteiger partial charge < -0.3 is 10.6 Å². The summed E-state index contributed by atoms with van der Waals surface area (Å²) in [7, 11) is 0. The number of amides is 1. The maximum atomic E-state index is 13.4. The Labute approximate surface area is 104 Å². The van der Waals surface area contributed by atoms with Gasteiger partial charge >= 0.3 is 0 Å². The molecule has 1 unspecified atom stereocenters. The van der Waals surface area contributed by atoms with E-state index in [1.165, 1.54) is 18.2 Å². The fourth-order valence-electron chi connectivity index (χ4n) is 1.95. The summed E-state index contributed by atoms with van der Waals surface area (Å²) in [5.41, 5.74) is -0.0767.